The number of fused-ring (bicyclic) bond motifs is 1. The average molecular weight is 340 g/mol. The number of hydrogen-bond donors (Lipinski definition) is 1. The van der Waals surface area contributed by atoms with Gasteiger partial charge >= 0.3 is 0 Å². The molecule has 0 saturated carbocycles. The van der Waals surface area contributed by atoms with Crippen LogP contribution in [0.15, 0.2) is 48.5 Å². The zero-order valence-electron chi connectivity index (χ0n) is 14.5. The van der Waals surface area contributed by atoms with Gasteiger partial charge in [0.1, 0.15) is 13.2 Å². The Kier molecular flexibility index (Phi) is 5.90. The van der Waals surface area contributed by atoms with E-state index in [0.717, 1.165) is 23.5 Å². The molecule has 3 rings (SSSR count). The molecule has 0 radical (unpaired) electrons. The molecule has 25 heavy (non-hydrogen) atoms. The fourth-order valence-corrected chi connectivity index (χ4v) is 2.85. The second-order valence-electron chi connectivity index (χ2n) is 6.24. The van der Waals surface area contributed by atoms with Crippen molar-refractivity contribution in [1.29, 1.82) is 0 Å². The lowest BCUT2D eigenvalue weighted by molar-refractivity contribution is -0.122. The van der Waals surface area contributed by atoms with Gasteiger partial charge in [0.05, 0.1) is 6.54 Å². The minimum Gasteiger partial charge on any atom is -0.486 e. The van der Waals surface area contributed by atoms with Gasteiger partial charge in [-0.25, -0.2) is 0 Å². The van der Waals surface area contributed by atoms with Gasteiger partial charge < -0.3 is 14.8 Å². The quantitative estimate of drug-likeness (QED) is 0.840. The Labute approximate surface area is 148 Å². The molecule has 0 bridgehead atoms. The van der Waals surface area contributed by atoms with Crippen molar-refractivity contribution in [3.63, 3.8) is 0 Å². The van der Waals surface area contributed by atoms with Crippen LogP contribution in [0.4, 0.5) is 0 Å². The number of likely N-dealkylation sites (N-methyl/N-ethyl adjacent to an activating group) is 1. The highest BCUT2D eigenvalue weighted by Gasteiger charge is 2.13. The van der Waals surface area contributed by atoms with Crippen molar-refractivity contribution in [2.75, 3.05) is 33.4 Å². The van der Waals surface area contributed by atoms with Gasteiger partial charge in [-0.05, 0) is 36.7 Å². The van der Waals surface area contributed by atoms with E-state index in [1.807, 2.05) is 48.3 Å². The second-order valence-corrected chi connectivity index (χ2v) is 6.24. The number of benzene rings is 2. The number of nitrogens with zero attached hydrogens (tertiary/aromatic N) is 1. The van der Waals surface area contributed by atoms with Crippen molar-refractivity contribution < 1.29 is 14.3 Å². The third-order valence-corrected chi connectivity index (χ3v) is 4.05. The van der Waals surface area contributed by atoms with Gasteiger partial charge in [0.2, 0.25) is 5.91 Å². The highest BCUT2D eigenvalue weighted by molar-refractivity contribution is 5.77. The minimum atomic E-state index is 0.0379. The number of hydrogen-bond acceptors (Lipinski definition) is 4. The van der Waals surface area contributed by atoms with Gasteiger partial charge in [0.15, 0.2) is 11.5 Å². The van der Waals surface area contributed by atoms with E-state index >= 15 is 0 Å². The summed E-state index contributed by atoms with van der Waals surface area (Å²) in [6, 6.07) is 16.1. The molecule has 1 heterocycles. The summed E-state index contributed by atoms with van der Waals surface area (Å²) in [4.78, 5) is 14.1. The maximum Gasteiger partial charge on any atom is 0.234 e. The first-order valence-corrected chi connectivity index (χ1v) is 8.58. The van der Waals surface area contributed by atoms with Crippen molar-refractivity contribution in [3.8, 4) is 11.5 Å². The second kappa shape index (κ2) is 8.53. The lowest BCUT2D eigenvalue weighted by Gasteiger charge is -2.21. The molecule has 0 aliphatic carbocycles. The Morgan fingerprint density at radius 3 is 2.60 bits per heavy atom. The molecular formula is C20H24N2O3. The maximum absolute atomic E-state index is 12.1. The van der Waals surface area contributed by atoms with E-state index in [0.29, 0.717) is 32.8 Å². The highest BCUT2D eigenvalue weighted by atomic mass is 16.6. The number of ether oxygens (including phenoxy) is 2. The predicted octanol–water partition coefficient (Wildman–Crippen LogP) is 2.25. The predicted molar refractivity (Wildman–Crippen MR) is 96.9 cm³/mol. The van der Waals surface area contributed by atoms with Crippen LogP contribution in [-0.2, 0) is 17.8 Å². The SMILES string of the molecule is CN(CC(=O)NCCc1ccccc1)Cc1ccc2c(c1)OCCO2. The standard InChI is InChI=1S/C20H24N2O3/c1-22(14-17-7-8-18-19(13-17)25-12-11-24-18)15-20(23)21-10-9-16-5-3-2-4-6-16/h2-8,13H,9-12,14-15H2,1H3,(H,21,23). The Hall–Kier alpha value is -2.53. The molecule has 2 aromatic rings. The molecule has 0 aromatic heterocycles. The van der Waals surface area contributed by atoms with Gasteiger partial charge in [-0.1, -0.05) is 36.4 Å². The van der Waals surface area contributed by atoms with Gasteiger partial charge in [-0.15, -0.1) is 0 Å². The third kappa shape index (κ3) is 5.22. The molecule has 0 spiro atoms. The summed E-state index contributed by atoms with van der Waals surface area (Å²) >= 11 is 0. The van der Waals surface area contributed by atoms with Crippen LogP contribution < -0.4 is 14.8 Å². The third-order valence-electron chi connectivity index (χ3n) is 4.05. The van der Waals surface area contributed by atoms with Crippen LogP contribution in [0.2, 0.25) is 0 Å². The summed E-state index contributed by atoms with van der Waals surface area (Å²) in [6.07, 6.45) is 0.846. The molecule has 5 nitrogen and oxygen atoms in total. The van der Waals surface area contributed by atoms with E-state index < -0.39 is 0 Å². The molecule has 1 aliphatic heterocycles. The van der Waals surface area contributed by atoms with Crippen LogP contribution in [0.25, 0.3) is 0 Å². The van der Waals surface area contributed by atoms with Crippen molar-refractivity contribution in [3.05, 3.63) is 59.7 Å². The number of rotatable bonds is 7. The van der Waals surface area contributed by atoms with Crippen LogP contribution in [0.1, 0.15) is 11.1 Å². The van der Waals surface area contributed by atoms with E-state index in [1.54, 1.807) is 0 Å². The zero-order chi connectivity index (χ0) is 17.5. The minimum absolute atomic E-state index is 0.0379. The summed E-state index contributed by atoms with van der Waals surface area (Å²) in [5, 5.41) is 2.97. The average Bonchev–Trinajstić information content (AvgIpc) is 2.62. The largest absolute Gasteiger partial charge is 0.486 e. The first-order valence-electron chi connectivity index (χ1n) is 8.58. The number of nitrogens with one attached hydrogen (secondary N) is 1. The molecular weight excluding hydrogens is 316 g/mol. The van der Waals surface area contributed by atoms with Crippen LogP contribution in [0.5, 0.6) is 11.5 Å². The van der Waals surface area contributed by atoms with Crippen LogP contribution >= 0.6 is 0 Å². The lowest BCUT2D eigenvalue weighted by Crippen LogP contribution is -2.35. The van der Waals surface area contributed by atoms with E-state index in [9.17, 15) is 4.79 Å². The first kappa shape index (κ1) is 17.3. The molecule has 1 amide bonds. The van der Waals surface area contributed by atoms with Gasteiger partial charge in [0, 0.05) is 13.1 Å². The molecule has 1 aliphatic rings. The van der Waals surface area contributed by atoms with Crippen molar-refractivity contribution in [1.82, 2.24) is 10.2 Å². The summed E-state index contributed by atoms with van der Waals surface area (Å²) in [7, 11) is 1.94. The van der Waals surface area contributed by atoms with E-state index in [4.69, 9.17) is 9.47 Å². The summed E-state index contributed by atoms with van der Waals surface area (Å²) in [5.74, 6) is 1.61. The monoisotopic (exact) mass is 340 g/mol. The Morgan fingerprint density at radius 1 is 1.04 bits per heavy atom. The molecule has 1 N–H and O–H groups in total. The van der Waals surface area contributed by atoms with Gasteiger partial charge in [-0.2, -0.15) is 0 Å². The van der Waals surface area contributed by atoms with Crippen LogP contribution in [-0.4, -0.2) is 44.2 Å². The molecule has 0 fully saturated rings. The maximum atomic E-state index is 12.1. The Morgan fingerprint density at radius 2 is 1.80 bits per heavy atom. The Balaban J connectivity index is 1.42. The Bertz CT molecular complexity index is 703. The summed E-state index contributed by atoms with van der Waals surface area (Å²) in [5.41, 5.74) is 2.33. The van der Waals surface area contributed by atoms with Crippen molar-refractivity contribution >= 4 is 5.91 Å². The van der Waals surface area contributed by atoms with E-state index in [1.165, 1.54) is 5.56 Å². The van der Waals surface area contributed by atoms with Crippen LogP contribution in [0.3, 0.4) is 0 Å². The summed E-state index contributed by atoms with van der Waals surface area (Å²) in [6.45, 7) is 2.87. The molecule has 0 saturated heterocycles. The first-order chi connectivity index (χ1) is 12.2. The molecule has 132 valence electrons. The molecule has 2 aromatic carbocycles. The van der Waals surface area contributed by atoms with E-state index in [2.05, 4.69) is 17.4 Å². The van der Waals surface area contributed by atoms with Crippen molar-refractivity contribution in [2.24, 2.45) is 0 Å². The van der Waals surface area contributed by atoms with Crippen LogP contribution in [0, 0.1) is 0 Å². The lowest BCUT2D eigenvalue weighted by atomic mass is 10.1. The smallest absolute Gasteiger partial charge is 0.234 e. The summed E-state index contributed by atoms with van der Waals surface area (Å²) < 4.78 is 11.1. The fourth-order valence-electron chi connectivity index (χ4n) is 2.85. The molecule has 0 atom stereocenters. The number of amides is 1. The number of carbonyl (C=O) groups is 1. The van der Waals surface area contributed by atoms with E-state index in [-0.39, 0.29) is 5.91 Å². The van der Waals surface area contributed by atoms with Gasteiger partial charge in [0.25, 0.3) is 0 Å². The zero-order valence-corrected chi connectivity index (χ0v) is 14.5. The topological polar surface area (TPSA) is 50.8 Å². The van der Waals surface area contributed by atoms with Crippen molar-refractivity contribution in [2.45, 2.75) is 13.0 Å². The molecule has 0 unspecified atom stereocenters. The fraction of sp³-hybridized carbons (Fsp3) is 0.350. The highest BCUT2D eigenvalue weighted by Crippen LogP contribution is 2.30. The normalized spacial score (nSPS) is 12.9. The number of carbonyl (C=O) groups excluding carboxylic acids is 1. The molecule has 5 heteroatoms. The van der Waals surface area contributed by atoms with Gasteiger partial charge in [-0.3, -0.25) is 9.69 Å².